The number of carboxylic acids is 1. The predicted molar refractivity (Wildman–Crippen MR) is 74.4 cm³/mol. The molecule has 0 spiro atoms. The molecule has 2 N–H and O–H groups in total. The van der Waals surface area contributed by atoms with Gasteiger partial charge in [-0.3, -0.25) is 9.59 Å². The molecule has 0 saturated heterocycles. The quantitative estimate of drug-likeness (QED) is 0.893. The van der Waals surface area contributed by atoms with Crippen LogP contribution in [0.5, 0.6) is 0 Å². The number of hydrogen-bond donors (Lipinski definition) is 2. The van der Waals surface area contributed by atoms with Crippen LogP contribution in [-0.4, -0.2) is 17.0 Å². The van der Waals surface area contributed by atoms with Gasteiger partial charge in [-0.2, -0.15) is 0 Å². The second-order valence-corrected chi connectivity index (χ2v) is 6.37. The highest BCUT2D eigenvalue weighted by atomic mass is 79.9. The van der Waals surface area contributed by atoms with Crippen molar-refractivity contribution in [2.24, 2.45) is 17.3 Å². The Labute approximate surface area is 120 Å². The third kappa shape index (κ3) is 2.81. The molecule has 2 atom stereocenters. The van der Waals surface area contributed by atoms with E-state index in [9.17, 15) is 9.59 Å². The molecule has 2 rings (SSSR count). The molecule has 0 unspecified atom stereocenters. The zero-order chi connectivity index (χ0) is 14.2. The second kappa shape index (κ2) is 4.96. The lowest BCUT2D eigenvalue weighted by molar-refractivity contribution is -0.140. The van der Waals surface area contributed by atoms with Crippen molar-refractivity contribution in [3.05, 3.63) is 34.3 Å². The van der Waals surface area contributed by atoms with Gasteiger partial charge in [0.15, 0.2) is 0 Å². The van der Waals surface area contributed by atoms with Crippen molar-refractivity contribution in [3.8, 4) is 0 Å². The fraction of sp³-hybridized carbons (Fsp3) is 0.429. The van der Waals surface area contributed by atoms with E-state index in [1.54, 1.807) is 0 Å². The van der Waals surface area contributed by atoms with E-state index in [-0.39, 0.29) is 5.91 Å². The van der Waals surface area contributed by atoms with Crippen LogP contribution in [0.15, 0.2) is 28.7 Å². The maximum Gasteiger partial charge on any atom is 0.307 e. The maximum absolute atomic E-state index is 12.0. The summed E-state index contributed by atoms with van der Waals surface area (Å²) in [6, 6.07) is 7.64. The molecule has 0 aliphatic heterocycles. The van der Waals surface area contributed by atoms with E-state index >= 15 is 0 Å². The van der Waals surface area contributed by atoms with Gasteiger partial charge in [-0.1, -0.05) is 41.9 Å². The Balaban J connectivity index is 1.93. The number of carbonyl (C=O) groups excluding carboxylic acids is 1. The van der Waals surface area contributed by atoms with Crippen molar-refractivity contribution in [2.45, 2.75) is 20.4 Å². The van der Waals surface area contributed by atoms with Crippen LogP contribution < -0.4 is 5.32 Å². The van der Waals surface area contributed by atoms with E-state index in [1.807, 2.05) is 38.1 Å². The number of carboxylic acid groups (broad SMARTS) is 1. The fourth-order valence-corrected chi connectivity index (χ4v) is 2.75. The third-order valence-electron chi connectivity index (χ3n) is 3.76. The van der Waals surface area contributed by atoms with Crippen molar-refractivity contribution < 1.29 is 14.7 Å². The van der Waals surface area contributed by atoms with Gasteiger partial charge in [0.2, 0.25) is 5.91 Å². The Bertz CT molecular complexity index is 510. The SMILES string of the molecule is CC1(C)[C@H](C(=O)O)[C@@H]1C(=O)NCc1ccc(Br)cc1. The number of amides is 1. The molecule has 1 aromatic carbocycles. The fourth-order valence-electron chi connectivity index (χ4n) is 2.49. The molecule has 0 aromatic heterocycles. The van der Waals surface area contributed by atoms with Crippen molar-refractivity contribution >= 4 is 27.8 Å². The molecule has 5 heteroatoms. The van der Waals surface area contributed by atoms with Gasteiger partial charge in [0, 0.05) is 11.0 Å². The molecule has 0 heterocycles. The molecule has 102 valence electrons. The normalized spacial score (nSPS) is 23.7. The van der Waals surface area contributed by atoms with Gasteiger partial charge >= 0.3 is 5.97 Å². The molecule has 1 fully saturated rings. The van der Waals surface area contributed by atoms with E-state index < -0.39 is 23.2 Å². The smallest absolute Gasteiger partial charge is 0.307 e. The summed E-state index contributed by atoms with van der Waals surface area (Å²) >= 11 is 3.34. The molecular formula is C14H16BrNO3. The summed E-state index contributed by atoms with van der Waals surface area (Å²) in [6.45, 7) is 4.05. The van der Waals surface area contributed by atoms with E-state index in [2.05, 4.69) is 21.2 Å². The second-order valence-electron chi connectivity index (χ2n) is 5.46. The average Bonchev–Trinajstić information content (AvgIpc) is 2.91. The minimum absolute atomic E-state index is 0.180. The molecule has 0 radical (unpaired) electrons. The van der Waals surface area contributed by atoms with Gasteiger partial charge in [-0.05, 0) is 23.1 Å². The Morgan fingerprint density at radius 1 is 1.26 bits per heavy atom. The average molecular weight is 326 g/mol. The van der Waals surface area contributed by atoms with Crippen LogP contribution >= 0.6 is 15.9 Å². The van der Waals surface area contributed by atoms with Gasteiger partial charge < -0.3 is 10.4 Å². The van der Waals surface area contributed by atoms with Crippen molar-refractivity contribution in [1.82, 2.24) is 5.32 Å². The van der Waals surface area contributed by atoms with Crippen LogP contribution in [0.3, 0.4) is 0 Å². The summed E-state index contributed by atoms with van der Waals surface area (Å²) in [5.41, 5.74) is 0.539. The van der Waals surface area contributed by atoms with Crippen molar-refractivity contribution in [2.75, 3.05) is 0 Å². The van der Waals surface area contributed by atoms with Crippen molar-refractivity contribution in [3.63, 3.8) is 0 Å². The lowest BCUT2D eigenvalue weighted by Gasteiger charge is -2.06. The van der Waals surface area contributed by atoms with Gasteiger partial charge in [0.1, 0.15) is 0 Å². The third-order valence-corrected chi connectivity index (χ3v) is 4.28. The van der Waals surface area contributed by atoms with E-state index in [1.165, 1.54) is 0 Å². The Kier molecular flexibility index (Phi) is 3.67. The summed E-state index contributed by atoms with van der Waals surface area (Å²) in [7, 11) is 0. The number of rotatable bonds is 4. The monoisotopic (exact) mass is 325 g/mol. The first-order chi connectivity index (χ1) is 8.84. The molecule has 1 saturated carbocycles. The molecule has 1 aromatic rings. The Hall–Kier alpha value is -1.36. The number of nitrogens with one attached hydrogen (secondary N) is 1. The van der Waals surface area contributed by atoms with E-state index in [4.69, 9.17) is 5.11 Å². The number of hydrogen-bond acceptors (Lipinski definition) is 2. The number of carbonyl (C=O) groups is 2. The van der Waals surface area contributed by atoms with Crippen LogP contribution in [0, 0.1) is 17.3 Å². The zero-order valence-electron chi connectivity index (χ0n) is 10.8. The summed E-state index contributed by atoms with van der Waals surface area (Å²) in [4.78, 5) is 23.0. The number of halogens is 1. The maximum atomic E-state index is 12.0. The molecular weight excluding hydrogens is 310 g/mol. The summed E-state index contributed by atoms with van der Waals surface area (Å²) < 4.78 is 0.983. The molecule has 1 aliphatic carbocycles. The largest absolute Gasteiger partial charge is 0.481 e. The predicted octanol–water partition coefficient (Wildman–Crippen LogP) is 2.42. The summed E-state index contributed by atoms with van der Waals surface area (Å²) in [5.74, 6) is -2.08. The van der Waals surface area contributed by atoms with Crippen LogP contribution in [0.4, 0.5) is 0 Å². The highest BCUT2D eigenvalue weighted by Crippen LogP contribution is 2.58. The highest BCUT2D eigenvalue weighted by Gasteiger charge is 2.65. The van der Waals surface area contributed by atoms with Crippen LogP contribution in [0.25, 0.3) is 0 Å². The van der Waals surface area contributed by atoms with E-state index in [0.29, 0.717) is 6.54 Å². The topological polar surface area (TPSA) is 66.4 Å². The van der Waals surface area contributed by atoms with Gasteiger partial charge in [0.05, 0.1) is 11.8 Å². The summed E-state index contributed by atoms with van der Waals surface area (Å²) in [5, 5.41) is 11.8. The minimum Gasteiger partial charge on any atom is -0.481 e. The first kappa shape index (κ1) is 14.1. The molecule has 4 nitrogen and oxygen atoms in total. The Morgan fingerprint density at radius 3 is 2.32 bits per heavy atom. The lowest BCUT2D eigenvalue weighted by Crippen LogP contribution is -2.26. The zero-order valence-corrected chi connectivity index (χ0v) is 12.4. The molecule has 19 heavy (non-hydrogen) atoms. The Morgan fingerprint density at radius 2 is 1.84 bits per heavy atom. The standard InChI is InChI=1S/C14H16BrNO3/c1-14(2)10(11(14)13(18)19)12(17)16-7-8-3-5-9(15)6-4-8/h3-6,10-11H,7H2,1-2H3,(H,16,17)(H,18,19)/t10-,11+/m1/s1. The first-order valence-corrected chi connectivity index (χ1v) is 6.88. The number of aliphatic carboxylic acids is 1. The highest BCUT2D eigenvalue weighted by molar-refractivity contribution is 9.10. The van der Waals surface area contributed by atoms with Gasteiger partial charge in [-0.15, -0.1) is 0 Å². The van der Waals surface area contributed by atoms with Crippen molar-refractivity contribution in [1.29, 1.82) is 0 Å². The van der Waals surface area contributed by atoms with Crippen LogP contribution in [0.2, 0.25) is 0 Å². The van der Waals surface area contributed by atoms with Crippen LogP contribution in [0.1, 0.15) is 19.4 Å². The summed E-state index contributed by atoms with van der Waals surface area (Å²) in [6.07, 6.45) is 0. The van der Waals surface area contributed by atoms with Gasteiger partial charge in [0.25, 0.3) is 0 Å². The van der Waals surface area contributed by atoms with E-state index in [0.717, 1.165) is 10.0 Å². The molecule has 1 amide bonds. The van der Waals surface area contributed by atoms with Gasteiger partial charge in [-0.25, -0.2) is 0 Å². The number of benzene rings is 1. The lowest BCUT2D eigenvalue weighted by atomic mass is 10.1. The molecule has 0 bridgehead atoms. The van der Waals surface area contributed by atoms with Crippen LogP contribution in [-0.2, 0) is 16.1 Å². The molecule has 1 aliphatic rings. The minimum atomic E-state index is -0.895. The first-order valence-electron chi connectivity index (χ1n) is 6.09.